The third kappa shape index (κ3) is 3.80. The van der Waals surface area contributed by atoms with Crippen LogP contribution in [0, 0.1) is 11.3 Å². The van der Waals surface area contributed by atoms with Gasteiger partial charge in [0.15, 0.2) is 5.82 Å². The van der Waals surface area contributed by atoms with Crippen LogP contribution in [0.3, 0.4) is 0 Å². The number of aromatic nitrogens is 3. The molecule has 1 amide bonds. The lowest BCUT2D eigenvalue weighted by Crippen LogP contribution is -2.18. The Hall–Kier alpha value is -3.10. The molecular formula is C13H12N6O4S. The highest BCUT2D eigenvalue weighted by Gasteiger charge is 2.18. The molecule has 124 valence electrons. The van der Waals surface area contributed by atoms with Gasteiger partial charge in [-0.15, -0.1) is 5.10 Å². The van der Waals surface area contributed by atoms with Crippen LogP contribution in [-0.4, -0.2) is 35.1 Å². The highest BCUT2D eigenvalue weighted by atomic mass is 32.2. The van der Waals surface area contributed by atoms with Crippen LogP contribution in [-0.2, 0) is 19.6 Å². The fourth-order valence-electron chi connectivity index (χ4n) is 1.83. The second-order valence-corrected chi connectivity index (χ2v) is 6.34. The molecule has 0 radical (unpaired) electrons. The summed E-state index contributed by atoms with van der Waals surface area (Å²) in [5.74, 6) is -0.988. The van der Waals surface area contributed by atoms with Crippen molar-refractivity contribution in [3.8, 4) is 11.8 Å². The van der Waals surface area contributed by atoms with Gasteiger partial charge < -0.3 is 5.32 Å². The van der Waals surface area contributed by atoms with E-state index < -0.39 is 15.9 Å². The molecule has 0 saturated heterocycles. The van der Waals surface area contributed by atoms with Gasteiger partial charge in [-0.25, -0.2) is 13.6 Å². The largest absolute Gasteiger partial charge is 0.308 e. The molecule has 0 aliphatic heterocycles. The molecule has 0 aliphatic rings. The van der Waals surface area contributed by atoms with Crippen molar-refractivity contribution in [3.63, 3.8) is 0 Å². The number of ketones is 1. The van der Waals surface area contributed by atoms with E-state index in [9.17, 15) is 18.0 Å². The third-order valence-corrected chi connectivity index (χ3v) is 3.78. The topological polar surface area (TPSA) is 161 Å². The molecule has 0 bridgehead atoms. The number of carbonyl (C=O) groups is 2. The monoisotopic (exact) mass is 348 g/mol. The molecule has 2 rings (SSSR count). The SMILES string of the molecule is CC(=O)CC(=O)Nc1c(C#N)nnn1-c1ccc(S(N)(=O)=O)cc1. The van der Waals surface area contributed by atoms with E-state index in [1.807, 2.05) is 0 Å². The maximum atomic E-state index is 11.8. The second-order valence-electron chi connectivity index (χ2n) is 4.78. The molecular weight excluding hydrogens is 336 g/mol. The summed E-state index contributed by atoms with van der Waals surface area (Å²) in [6.07, 6.45) is -0.361. The van der Waals surface area contributed by atoms with E-state index in [1.165, 1.54) is 31.2 Å². The minimum Gasteiger partial charge on any atom is -0.308 e. The third-order valence-electron chi connectivity index (χ3n) is 2.85. The van der Waals surface area contributed by atoms with Crippen LogP contribution in [0.2, 0.25) is 0 Å². The number of anilines is 1. The normalized spacial score (nSPS) is 10.9. The fourth-order valence-corrected chi connectivity index (χ4v) is 2.34. The molecule has 1 aromatic carbocycles. The molecule has 24 heavy (non-hydrogen) atoms. The summed E-state index contributed by atoms with van der Waals surface area (Å²) in [7, 11) is -3.85. The van der Waals surface area contributed by atoms with E-state index >= 15 is 0 Å². The number of hydrogen-bond acceptors (Lipinski definition) is 7. The van der Waals surface area contributed by atoms with E-state index in [1.54, 1.807) is 6.07 Å². The highest BCUT2D eigenvalue weighted by molar-refractivity contribution is 7.89. The maximum Gasteiger partial charge on any atom is 0.238 e. The van der Waals surface area contributed by atoms with Crippen LogP contribution in [0.5, 0.6) is 0 Å². The summed E-state index contributed by atoms with van der Waals surface area (Å²) in [5.41, 5.74) is 0.192. The quantitative estimate of drug-likeness (QED) is 0.701. The molecule has 11 heteroatoms. The van der Waals surface area contributed by atoms with E-state index in [0.29, 0.717) is 5.69 Å². The van der Waals surface area contributed by atoms with Gasteiger partial charge in [-0.2, -0.15) is 9.94 Å². The Bertz CT molecular complexity index is 940. The molecule has 0 unspecified atom stereocenters. The van der Waals surface area contributed by atoms with E-state index in [4.69, 9.17) is 10.4 Å². The van der Waals surface area contributed by atoms with Crippen molar-refractivity contribution in [1.29, 1.82) is 5.26 Å². The Kier molecular flexibility index (Phi) is 4.72. The first-order valence-corrected chi connectivity index (χ1v) is 8.05. The second kappa shape index (κ2) is 6.57. The summed E-state index contributed by atoms with van der Waals surface area (Å²) in [4.78, 5) is 22.6. The standard InChI is InChI=1S/C13H12N6O4S/c1-8(20)6-12(21)16-13-11(7-14)17-18-19(13)9-2-4-10(5-3-9)24(15,22)23/h2-5H,6H2,1H3,(H,16,21)(H2,15,22,23). The number of nitrogens with two attached hydrogens (primary N) is 1. The van der Waals surface area contributed by atoms with Crippen molar-refractivity contribution in [3.05, 3.63) is 30.0 Å². The van der Waals surface area contributed by atoms with Gasteiger partial charge in [-0.1, -0.05) is 5.21 Å². The maximum absolute atomic E-state index is 11.8. The van der Waals surface area contributed by atoms with Crippen LogP contribution >= 0.6 is 0 Å². The van der Waals surface area contributed by atoms with Crippen molar-refractivity contribution in [1.82, 2.24) is 15.0 Å². The summed E-state index contributed by atoms with van der Waals surface area (Å²) in [6.45, 7) is 1.26. The van der Waals surface area contributed by atoms with Gasteiger partial charge in [0, 0.05) is 0 Å². The van der Waals surface area contributed by atoms with E-state index in [0.717, 1.165) is 4.68 Å². The van der Waals surface area contributed by atoms with Gasteiger partial charge >= 0.3 is 0 Å². The van der Waals surface area contributed by atoms with Crippen LogP contribution in [0.1, 0.15) is 19.0 Å². The van der Waals surface area contributed by atoms with Crippen LogP contribution in [0.25, 0.3) is 5.69 Å². The molecule has 2 aromatic rings. The zero-order valence-corrected chi connectivity index (χ0v) is 13.2. The minimum atomic E-state index is -3.85. The molecule has 0 aliphatic carbocycles. The zero-order chi connectivity index (χ0) is 17.9. The van der Waals surface area contributed by atoms with E-state index in [2.05, 4.69) is 15.6 Å². The van der Waals surface area contributed by atoms with Crippen molar-refractivity contribution >= 4 is 27.5 Å². The lowest BCUT2D eigenvalue weighted by molar-refractivity contribution is -0.124. The number of benzene rings is 1. The highest BCUT2D eigenvalue weighted by Crippen LogP contribution is 2.19. The first-order chi connectivity index (χ1) is 11.2. The number of nitrogens with one attached hydrogen (secondary N) is 1. The molecule has 0 spiro atoms. The summed E-state index contributed by atoms with van der Waals surface area (Å²) >= 11 is 0. The van der Waals surface area contributed by atoms with Gasteiger partial charge in [0.2, 0.25) is 21.6 Å². The van der Waals surface area contributed by atoms with Crippen molar-refractivity contribution < 1.29 is 18.0 Å². The lowest BCUT2D eigenvalue weighted by Gasteiger charge is -2.08. The average molecular weight is 348 g/mol. The minimum absolute atomic E-state index is 0.0212. The van der Waals surface area contributed by atoms with Crippen molar-refractivity contribution in [2.24, 2.45) is 5.14 Å². The van der Waals surface area contributed by atoms with Gasteiger partial charge in [0.05, 0.1) is 17.0 Å². The summed E-state index contributed by atoms with van der Waals surface area (Å²) in [5, 5.41) is 23.8. The van der Waals surface area contributed by atoms with Gasteiger partial charge in [0.25, 0.3) is 0 Å². The number of carbonyl (C=O) groups excluding carboxylic acids is 2. The number of primary sulfonamides is 1. The zero-order valence-electron chi connectivity index (χ0n) is 12.4. The van der Waals surface area contributed by atoms with Crippen molar-refractivity contribution in [2.45, 2.75) is 18.2 Å². The number of nitriles is 1. The number of Topliss-reactive ketones (excluding diaryl/α,β-unsaturated/α-hetero) is 1. The number of hydrogen-bond donors (Lipinski definition) is 2. The van der Waals surface area contributed by atoms with Gasteiger partial charge in [-0.05, 0) is 31.2 Å². The predicted octanol–water partition coefficient (Wildman–Crippen LogP) is -0.296. The molecule has 1 aromatic heterocycles. The van der Waals surface area contributed by atoms with Crippen LogP contribution in [0.15, 0.2) is 29.2 Å². The Labute approximate surface area is 136 Å². The average Bonchev–Trinajstić information content (AvgIpc) is 2.88. The summed E-state index contributed by atoms with van der Waals surface area (Å²) < 4.78 is 23.7. The Morgan fingerprint density at radius 3 is 2.46 bits per heavy atom. The number of sulfonamides is 1. The Morgan fingerprint density at radius 1 is 1.33 bits per heavy atom. The van der Waals surface area contributed by atoms with Gasteiger partial charge in [-0.3, -0.25) is 9.59 Å². The number of nitrogens with zero attached hydrogens (tertiary/aromatic N) is 4. The molecule has 0 saturated carbocycles. The fraction of sp³-hybridized carbons (Fsp3) is 0.154. The summed E-state index contributed by atoms with van der Waals surface area (Å²) in [6, 6.07) is 7.04. The van der Waals surface area contributed by atoms with Gasteiger partial charge in [0.1, 0.15) is 11.9 Å². The first-order valence-electron chi connectivity index (χ1n) is 6.50. The molecule has 3 N–H and O–H groups in total. The first kappa shape index (κ1) is 17.3. The van der Waals surface area contributed by atoms with Crippen molar-refractivity contribution in [2.75, 3.05) is 5.32 Å². The number of rotatable bonds is 5. The van der Waals surface area contributed by atoms with Crippen LogP contribution in [0.4, 0.5) is 5.82 Å². The van der Waals surface area contributed by atoms with Crippen LogP contribution < -0.4 is 10.5 Å². The Balaban J connectivity index is 2.41. The Morgan fingerprint density at radius 2 is 1.96 bits per heavy atom. The molecule has 0 fully saturated rings. The lowest BCUT2D eigenvalue weighted by atomic mass is 10.3. The molecule has 0 atom stereocenters. The molecule has 1 heterocycles. The predicted molar refractivity (Wildman–Crippen MR) is 81.4 cm³/mol. The van der Waals surface area contributed by atoms with E-state index in [-0.39, 0.29) is 28.6 Å². The molecule has 10 nitrogen and oxygen atoms in total. The number of amides is 1. The smallest absolute Gasteiger partial charge is 0.238 e.